The maximum Gasteiger partial charge on any atom is 0.407 e. The Morgan fingerprint density at radius 1 is 0.785 bits per heavy atom. The summed E-state index contributed by atoms with van der Waals surface area (Å²) >= 11 is 0. The second kappa shape index (κ2) is 17.4. The fourth-order valence-electron chi connectivity index (χ4n) is 9.89. The van der Waals surface area contributed by atoms with Crippen LogP contribution in [0.5, 0.6) is 11.5 Å². The average Bonchev–Trinajstić information content (AvgIpc) is 4.19. The van der Waals surface area contributed by atoms with E-state index >= 15 is 0 Å². The predicted molar refractivity (Wildman–Crippen MR) is 239 cm³/mol. The monoisotopic (exact) mass is 877 g/mol. The van der Waals surface area contributed by atoms with Gasteiger partial charge in [0.15, 0.2) is 0 Å². The molecule has 5 aromatic rings. The molecule has 5 aliphatic rings. The zero-order valence-corrected chi connectivity index (χ0v) is 36.5. The lowest BCUT2D eigenvalue weighted by molar-refractivity contribution is -0.136. The van der Waals surface area contributed by atoms with Gasteiger partial charge in [0.1, 0.15) is 54.1 Å². The Kier molecular flexibility index (Phi) is 11.2. The van der Waals surface area contributed by atoms with Crippen molar-refractivity contribution in [1.29, 1.82) is 0 Å². The van der Waals surface area contributed by atoms with Crippen LogP contribution < -0.4 is 20.1 Å². The zero-order valence-electron chi connectivity index (χ0n) is 36.5. The molecule has 334 valence electrons. The van der Waals surface area contributed by atoms with Gasteiger partial charge in [0.05, 0.1) is 43.0 Å². The van der Waals surface area contributed by atoms with Crippen LogP contribution in [0.2, 0.25) is 0 Å². The number of imidazole rings is 2. The van der Waals surface area contributed by atoms with E-state index in [2.05, 4.69) is 37.7 Å². The van der Waals surface area contributed by atoms with Gasteiger partial charge < -0.3 is 44.6 Å². The van der Waals surface area contributed by atoms with Crippen LogP contribution in [0.3, 0.4) is 0 Å². The molecule has 4 aliphatic heterocycles. The maximum atomic E-state index is 14.4. The molecule has 1 aliphatic carbocycles. The summed E-state index contributed by atoms with van der Waals surface area (Å²) in [6, 6.07) is 11.4. The molecule has 16 heteroatoms. The SMILES string of the molecule is COC(=O)N[C@H](C(=O)N1CCC[C@H]1c1ncc(-c2cc3c4c(c2)OCc2cc(-c5cnc([C@@H]6CCCN6C(=O)[C@H](NC(=O)c6ccccn6)C6C=CC=CC6)[nH]5)cc(c2-4)OC3)[nH]1)C(C)C. The summed E-state index contributed by atoms with van der Waals surface area (Å²) in [6.07, 6.45) is 16.1. The fraction of sp³-hybridized carbons (Fsp3) is 0.367. The third kappa shape index (κ3) is 7.91. The lowest BCUT2D eigenvalue weighted by Crippen LogP contribution is -2.52. The molecule has 0 bridgehead atoms. The molecule has 10 rings (SSSR count). The van der Waals surface area contributed by atoms with E-state index in [1.807, 2.05) is 55.2 Å². The molecular formula is C49H51N9O7. The molecule has 2 saturated heterocycles. The summed E-state index contributed by atoms with van der Waals surface area (Å²) in [5, 5.41) is 5.72. The van der Waals surface area contributed by atoms with Crippen molar-refractivity contribution in [2.45, 2.75) is 83.3 Å². The maximum absolute atomic E-state index is 14.4. The Balaban J connectivity index is 0.869. The summed E-state index contributed by atoms with van der Waals surface area (Å²) in [7, 11) is 1.29. The molecule has 0 spiro atoms. The number of rotatable bonds is 11. The van der Waals surface area contributed by atoms with Gasteiger partial charge >= 0.3 is 6.09 Å². The fourth-order valence-corrected chi connectivity index (χ4v) is 9.89. The Hall–Kier alpha value is -7.23. The van der Waals surface area contributed by atoms with Gasteiger partial charge in [0.2, 0.25) is 11.8 Å². The van der Waals surface area contributed by atoms with Gasteiger partial charge in [-0.15, -0.1) is 0 Å². The van der Waals surface area contributed by atoms with Gasteiger partial charge in [-0.25, -0.2) is 14.8 Å². The number of nitrogens with one attached hydrogen (secondary N) is 4. The van der Waals surface area contributed by atoms with Gasteiger partial charge in [-0.3, -0.25) is 19.4 Å². The molecule has 3 aromatic heterocycles. The number of carbonyl (C=O) groups excluding carboxylic acids is 4. The standard InChI is InChI=1S/C49H51N9O7/c1-27(2)42(56-49(62)63-3)47(60)57-17-9-14-36(57)44-51-23-34(53-44)29-19-31-25-65-39-22-30(20-32-26-64-38(21-29)40(31)41(32)39)35-24-52-45(54-35)37-15-10-18-58(37)48(61)43(28-11-5-4-6-12-28)55-46(59)33-13-7-8-16-50-33/h4-8,11,13,16,19-24,27-28,36-37,42-43H,9-10,12,14-15,17-18,25-26H2,1-3H3,(H,51,53)(H,52,54)(H,55,59)(H,56,62)/t28?,36-,37-,42-,43+/m0/s1. The number of likely N-dealkylation sites (tertiary alicyclic amines) is 2. The number of aromatic nitrogens is 5. The van der Waals surface area contributed by atoms with E-state index < -0.39 is 18.2 Å². The first-order valence-corrected chi connectivity index (χ1v) is 22.4. The molecule has 0 saturated carbocycles. The molecule has 7 heterocycles. The number of allylic oxidation sites excluding steroid dienone is 3. The highest BCUT2D eigenvalue weighted by molar-refractivity contribution is 5.96. The zero-order chi connectivity index (χ0) is 44.8. The normalized spacial score (nSPS) is 20.2. The molecule has 4 amide bonds. The number of pyridine rings is 1. The summed E-state index contributed by atoms with van der Waals surface area (Å²) < 4.78 is 17.7. The molecule has 4 N–H and O–H groups in total. The van der Waals surface area contributed by atoms with Gasteiger partial charge in [0.25, 0.3) is 5.91 Å². The van der Waals surface area contributed by atoms with Gasteiger partial charge in [-0.05, 0) is 74.4 Å². The number of H-pyrrole nitrogens is 2. The molecular weight excluding hydrogens is 827 g/mol. The molecule has 0 radical (unpaired) electrons. The van der Waals surface area contributed by atoms with E-state index in [0.29, 0.717) is 44.4 Å². The van der Waals surface area contributed by atoms with Crippen molar-refractivity contribution in [2.24, 2.45) is 11.8 Å². The second-order valence-corrected chi connectivity index (χ2v) is 17.6. The largest absolute Gasteiger partial charge is 0.488 e. The van der Waals surface area contributed by atoms with Crippen molar-refractivity contribution >= 4 is 23.8 Å². The molecule has 2 aromatic carbocycles. The number of hydrogen-bond donors (Lipinski definition) is 4. The molecule has 5 atom stereocenters. The highest BCUT2D eigenvalue weighted by Crippen LogP contribution is 2.51. The molecule has 2 fully saturated rings. The van der Waals surface area contributed by atoms with Crippen molar-refractivity contribution in [2.75, 3.05) is 20.2 Å². The molecule has 16 nitrogen and oxygen atoms in total. The van der Waals surface area contributed by atoms with E-state index in [-0.39, 0.29) is 47.3 Å². The van der Waals surface area contributed by atoms with Crippen LogP contribution in [0.25, 0.3) is 33.6 Å². The van der Waals surface area contributed by atoms with Gasteiger partial charge in [0, 0.05) is 58.6 Å². The summed E-state index contributed by atoms with van der Waals surface area (Å²) in [4.78, 5) is 77.9. The summed E-state index contributed by atoms with van der Waals surface area (Å²) in [5.74, 6) is 1.87. The average molecular weight is 878 g/mol. The number of amides is 4. The third-order valence-corrected chi connectivity index (χ3v) is 13.2. The van der Waals surface area contributed by atoms with E-state index in [9.17, 15) is 19.2 Å². The molecule has 65 heavy (non-hydrogen) atoms. The van der Waals surface area contributed by atoms with Crippen molar-refractivity contribution in [3.63, 3.8) is 0 Å². The third-order valence-electron chi connectivity index (χ3n) is 13.2. The van der Waals surface area contributed by atoms with Crippen LogP contribution in [0.1, 0.15) is 91.3 Å². The van der Waals surface area contributed by atoms with E-state index in [0.717, 1.165) is 82.0 Å². The summed E-state index contributed by atoms with van der Waals surface area (Å²) in [6.45, 7) is 5.59. The number of hydrogen-bond acceptors (Lipinski definition) is 10. The minimum Gasteiger partial charge on any atom is -0.488 e. The first-order valence-electron chi connectivity index (χ1n) is 22.4. The first-order chi connectivity index (χ1) is 31.6. The van der Waals surface area contributed by atoms with Crippen LogP contribution in [0.15, 0.2) is 85.4 Å². The van der Waals surface area contributed by atoms with E-state index in [1.165, 1.54) is 7.11 Å². The van der Waals surface area contributed by atoms with Gasteiger partial charge in [-0.2, -0.15) is 0 Å². The Morgan fingerprint density at radius 2 is 1.40 bits per heavy atom. The Bertz CT molecular complexity index is 2670. The Morgan fingerprint density at radius 3 is 1.94 bits per heavy atom. The smallest absolute Gasteiger partial charge is 0.407 e. The quantitative estimate of drug-likeness (QED) is 0.108. The number of carbonyl (C=O) groups is 4. The lowest BCUT2D eigenvalue weighted by Gasteiger charge is -2.32. The van der Waals surface area contributed by atoms with Crippen LogP contribution in [-0.4, -0.2) is 90.8 Å². The topological polar surface area (TPSA) is 197 Å². The number of methoxy groups -OCH3 is 1. The first kappa shape index (κ1) is 41.8. The number of benzene rings is 2. The lowest BCUT2D eigenvalue weighted by atomic mass is 9.87. The van der Waals surface area contributed by atoms with E-state index in [1.54, 1.807) is 41.7 Å². The van der Waals surface area contributed by atoms with Crippen molar-refractivity contribution in [3.05, 3.63) is 114 Å². The van der Waals surface area contributed by atoms with Crippen molar-refractivity contribution in [1.82, 2.24) is 45.4 Å². The highest BCUT2D eigenvalue weighted by Gasteiger charge is 2.40. The van der Waals surface area contributed by atoms with E-state index in [4.69, 9.17) is 24.2 Å². The molecule has 1 unspecified atom stereocenters. The number of alkyl carbamates (subject to hydrolysis) is 1. The van der Waals surface area contributed by atoms with Crippen LogP contribution in [0.4, 0.5) is 4.79 Å². The highest BCUT2D eigenvalue weighted by atomic mass is 16.5. The minimum absolute atomic E-state index is 0.129. The number of nitrogens with zero attached hydrogens (tertiary/aromatic N) is 5. The second-order valence-electron chi connectivity index (χ2n) is 17.6. The number of aromatic amines is 2. The van der Waals surface area contributed by atoms with Crippen molar-refractivity contribution in [3.8, 4) is 45.1 Å². The Labute approximate surface area is 375 Å². The minimum atomic E-state index is -0.769. The predicted octanol–water partition coefficient (Wildman–Crippen LogP) is 6.95. The van der Waals surface area contributed by atoms with Crippen LogP contribution in [0, 0.1) is 11.8 Å². The van der Waals surface area contributed by atoms with Crippen molar-refractivity contribution < 1.29 is 33.4 Å². The van der Waals surface area contributed by atoms with Gasteiger partial charge in [-0.1, -0.05) is 44.2 Å². The van der Waals surface area contributed by atoms with Crippen LogP contribution >= 0.6 is 0 Å². The van der Waals surface area contributed by atoms with Crippen LogP contribution in [-0.2, 0) is 27.5 Å². The number of ether oxygens (including phenoxy) is 3. The summed E-state index contributed by atoms with van der Waals surface area (Å²) in [5.41, 5.74) is 7.64.